The van der Waals surface area contributed by atoms with Crippen molar-refractivity contribution in [2.24, 2.45) is 0 Å². The van der Waals surface area contributed by atoms with Crippen LogP contribution in [0.3, 0.4) is 0 Å². The Labute approximate surface area is 163 Å². The number of rotatable bonds is 7. The summed E-state index contributed by atoms with van der Waals surface area (Å²) in [7, 11) is -0.373. The zero-order valence-corrected chi connectivity index (χ0v) is 17.8. The van der Waals surface area contributed by atoms with Gasteiger partial charge in [0.2, 0.25) is 0 Å². The number of unbranched alkanes of at least 4 members (excludes halogenated alkanes) is 2. The maximum absolute atomic E-state index is 11.6. The number of aryl methyl sites for hydroxylation is 1. The minimum absolute atomic E-state index is 0.346. The molecular weight excluding hydrogens is 345 g/mol. The van der Waals surface area contributed by atoms with Crippen molar-refractivity contribution in [3.63, 3.8) is 0 Å². The molecule has 0 radical (unpaired) electrons. The molecule has 2 rings (SSSR count). The van der Waals surface area contributed by atoms with Crippen LogP contribution in [-0.2, 0) is 20.6 Å². The Morgan fingerprint density at radius 3 is 2.41 bits per heavy atom. The summed E-state index contributed by atoms with van der Waals surface area (Å²) in [4.78, 5) is 11.6. The summed E-state index contributed by atoms with van der Waals surface area (Å²) in [6.45, 7) is 15.2. The van der Waals surface area contributed by atoms with Crippen molar-refractivity contribution >= 4 is 18.7 Å². The van der Waals surface area contributed by atoms with Crippen molar-refractivity contribution < 1.29 is 18.8 Å². The fraction of sp³-hybridized carbons (Fsp3) is 0.789. The van der Waals surface area contributed by atoms with E-state index in [1.165, 1.54) is 0 Å². The first-order valence-corrected chi connectivity index (χ1v) is 9.74. The number of carbonyl (C=O) groups is 1. The van der Waals surface area contributed by atoms with E-state index in [1.54, 1.807) is 0 Å². The molecule has 7 nitrogen and oxygen atoms in total. The molecule has 0 atom stereocenters. The van der Waals surface area contributed by atoms with Gasteiger partial charge in [0, 0.05) is 30.9 Å². The molecule has 1 aliphatic rings. The second-order valence-corrected chi connectivity index (χ2v) is 9.11. The standard InChI is InChI=1S/C19H34BN3O4/c1-17(2,3)25-16(24)21-11-9-8-10-12-23-14-15(13-22-23)20-26-18(4,5)19(6,7)27-20/h13-14H,8-12H2,1-7H3,(H,21,24). The third-order valence-electron chi connectivity index (χ3n) is 4.91. The zero-order chi connectivity index (χ0) is 20.3. The highest BCUT2D eigenvalue weighted by molar-refractivity contribution is 6.61. The van der Waals surface area contributed by atoms with Gasteiger partial charge in [-0.1, -0.05) is 0 Å². The summed E-state index contributed by atoms with van der Waals surface area (Å²) >= 11 is 0. The molecule has 0 aromatic carbocycles. The molecule has 8 heteroatoms. The second kappa shape index (κ2) is 8.23. The summed E-state index contributed by atoms with van der Waals surface area (Å²) in [5.74, 6) is 0. The molecular formula is C19H34BN3O4. The predicted molar refractivity (Wildman–Crippen MR) is 106 cm³/mol. The SMILES string of the molecule is CC(C)(C)OC(=O)NCCCCCn1cc(B2OC(C)(C)C(C)(C)O2)cn1. The molecule has 1 saturated heterocycles. The fourth-order valence-corrected chi connectivity index (χ4v) is 2.68. The van der Waals surface area contributed by atoms with Crippen LogP contribution in [0.4, 0.5) is 4.79 Å². The van der Waals surface area contributed by atoms with Crippen LogP contribution in [0.5, 0.6) is 0 Å². The first-order chi connectivity index (χ1) is 12.4. The van der Waals surface area contributed by atoms with Gasteiger partial charge >= 0.3 is 13.2 Å². The largest absolute Gasteiger partial charge is 0.498 e. The van der Waals surface area contributed by atoms with E-state index in [4.69, 9.17) is 14.0 Å². The molecule has 1 amide bonds. The lowest BCUT2D eigenvalue weighted by Gasteiger charge is -2.32. The maximum atomic E-state index is 11.6. The Morgan fingerprint density at radius 2 is 1.81 bits per heavy atom. The van der Waals surface area contributed by atoms with Gasteiger partial charge in [-0.2, -0.15) is 5.10 Å². The number of ether oxygens (including phenoxy) is 1. The van der Waals surface area contributed by atoms with Crippen LogP contribution >= 0.6 is 0 Å². The lowest BCUT2D eigenvalue weighted by molar-refractivity contribution is 0.00578. The highest BCUT2D eigenvalue weighted by atomic mass is 16.7. The minimum Gasteiger partial charge on any atom is -0.444 e. The van der Waals surface area contributed by atoms with Gasteiger partial charge in [-0.25, -0.2) is 4.79 Å². The molecule has 1 aromatic heterocycles. The van der Waals surface area contributed by atoms with Crippen LogP contribution in [0.25, 0.3) is 0 Å². The van der Waals surface area contributed by atoms with Gasteiger partial charge in [0.15, 0.2) is 0 Å². The van der Waals surface area contributed by atoms with Gasteiger partial charge in [-0.3, -0.25) is 4.68 Å². The summed E-state index contributed by atoms with van der Waals surface area (Å²) in [6, 6.07) is 0. The van der Waals surface area contributed by atoms with Gasteiger partial charge in [0.1, 0.15) is 5.60 Å². The Bertz CT molecular complexity index is 621. The molecule has 1 aromatic rings. The molecule has 2 heterocycles. The average Bonchev–Trinajstić information content (AvgIpc) is 3.04. The van der Waals surface area contributed by atoms with E-state index in [0.717, 1.165) is 31.3 Å². The quantitative estimate of drug-likeness (QED) is 0.583. The topological polar surface area (TPSA) is 74.6 Å². The number of amides is 1. The molecule has 152 valence electrons. The minimum atomic E-state index is -0.459. The monoisotopic (exact) mass is 379 g/mol. The van der Waals surface area contributed by atoms with Crippen LogP contribution in [0.1, 0.15) is 67.7 Å². The fourth-order valence-electron chi connectivity index (χ4n) is 2.68. The van der Waals surface area contributed by atoms with Crippen LogP contribution < -0.4 is 10.8 Å². The van der Waals surface area contributed by atoms with E-state index in [-0.39, 0.29) is 24.4 Å². The lowest BCUT2D eigenvalue weighted by Crippen LogP contribution is -2.41. The summed E-state index contributed by atoms with van der Waals surface area (Å²) < 4.78 is 19.2. The number of hydrogen-bond acceptors (Lipinski definition) is 5. The number of carbonyl (C=O) groups excluding carboxylic acids is 1. The molecule has 1 aliphatic heterocycles. The maximum Gasteiger partial charge on any atom is 0.498 e. The molecule has 1 fully saturated rings. The molecule has 0 saturated carbocycles. The van der Waals surface area contributed by atoms with Crippen molar-refractivity contribution in [2.45, 2.75) is 91.1 Å². The van der Waals surface area contributed by atoms with Crippen LogP contribution in [-0.4, -0.2) is 46.3 Å². The van der Waals surface area contributed by atoms with E-state index >= 15 is 0 Å². The number of nitrogens with one attached hydrogen (secondary N) is 1. The van der Waals surface area contributed by atoms with E-state index < -0.39 is 5.60 Å². The van der Waals surface area contributed by atoms with Crippen LogP contribution in [0, 0.1) is 0 Å². The highest BCUT2D eigenvalue weighted by Crippen LogP contribution is 2.36. The molecule has 0 unspecified atom stereocenters. The first-order valence-electron chi connectivity index (χ1n) is 9.74. The van der Waals surface area contributed by atoms with Crippen molar-refractivity contribution in [3.8, 4) is 0 Å². The lowest BCUT2D eigenvalue weighted by atomic mass is 9.82. The molecule has 27 heavy (non-hydrogen) atoms. The molecule has 0 bridgehead atoms. The van der Waals surface area contributed by atoms with Gasteiger partial charge < -0.3 is 19.4 Å². The summed E-state index contributed by atoms with van der Waals surface area (Å²) in [5.41, 5.74) is -0.207. The van der Waals surface area contributed by atoms with E-state index in [0.29, 0.717) is 6.54 Å². The van der Waals surface area contributed by atoms with Crippen molar-refractivity contribution in [1.29, 1.82) is 0 Å². The number of alkyl carbamates (subject to hydrolysis) is 1. The van der Waals surface area contributed by atoms with Crippen molar-refractivity contribution in [1.82, 2.24) is 15.1 Å². The number of aromatic nitrogens is 2. The van der Waals surface area contributed by atoms with Crippen molar-refractivity contribution in [2.75, 3.05) is 6.54 Å². The van der Waals surface area contributed by atoms with Gasteiger partial charge in [-0.05, 0) is 67.7 Å². The van der Waals surface area contributed by atoms with Gasteiger partial charge in [0.05, 0.1) is 11.2 Å². The summed E-state index contributed by atoms with van der Waals surface area (Å²) in [6.07, 6.45) is 6.33. The third kappa shape index (κ3) is 6.24. The Morgan fingerprint density at radius 1 is 1.19 bits per heavy atom. The Balaban J connectivity index is 1.67. The third-order valence-corrected chi connectivity index (χ3v) is 4.91. The second-order valence-electron chi connectivity index (χ2n) is 9.11. The molecule has 1 N–H and O–H groups in total. The number of nitrogens with zero attached hydrogens (tertiary/aromatic N) is 2. The van der Waals surface area contributed by atoms with Crippen LogP contribution in [0.2, 0.25) is 0 Å². The van der Waals surface area contributed by atoms with Crippen LogP contribution in [0.15, 0.2) is 12.4 Å². The van der Waals surface area contributed by atoms with E-state index in [9.17, 15) is 4.79 Å². The molecule has 0 aliphatic carbocycles. The zero-order valence-electron chi connectivity index (χ0n) is 17.8. The van der Waals surface area contributed by atoms with Gasteiger partial charge in [-0.15, -0.1) is 0 Å². The summed E-state index contributed by atoms with van der Waals surface area (Å²) in [5, 5.41) is 7.19. The number of hydrogen-bond donors (Lipinski definition) is 1. The Kier molecular flexibility index (Phi) is 6.63. The average molecular weight is 379 g/mol. The molecule has 0 spiro atoms. The predicted octanol–water partition coefficient (Wildman–Crippen LogP) is 2.88. The highest BCUT2D eigenvalue weighted by Gasteiger charge is 2.52. The van der Waals surface area contributed by atoms with Gasteiger partial charge in [0.25, 0.3) is 0 Å². The first kappa shape index (κ1) is 21.8. The van der Waals surface area contributed by atoms with Crippen molar-refractivity contribution in [3.05, 3.63) is 12.4 Å². The Hall–Kier alpha value is -1.54. The normalized spacial score (nSPS) is 18.6. The smallest absolute Gasteiger partial charge is 0.444 e. The van der Waals surface area contributed by atoms with E-state index in [1.807, 2.05) is 65.5 Å². The van der Waals surface area contributed by atoms with E-state index in [2.05, 4.69) is 10.4 Å².